The van der Waals surface area contributed by atoms with Crippen molar-refractivity contribution in [2.45, 2.75) is 70.1 Å². The molecule has 45 heavy (non-hydrogen) atoms. The van der Waals surface area contributed by atoms with Gasteiger partial charge in [-0.25, -0.2) is 9.48 Å². The molecule has 7 nitrogen and oxygen atoms in total. The van der Waals surface area contributed by atoms with Gasteiger partial charge >= 0.3 is 5.97 Å². The molecule has 1 saturated heterocycles. The number of nitrogens with zero attached hydrogens (tertiary/aromatic N) is 3. The zero-order chi connectivity index (χ0) is 31.1. The smallest absolute Gasteiger partial charge is 0.342 e. The first-order chi connectivity index (χ1) is 21.9. The molecule has 1 atom stereocenters. The summed E-state index contributed by atoms with van der Waals surface area (Å²) < 4.78 is 6.98. The van der Waals surface area contributed by atoms with Crippen LogP contribution in [0.25, 0.3) is 16.8 Å². The number of ether oxygens (including phenoxy) is 1. The minimum atomic E-state index is -1.07. The van der Waals surface area contributed by atoms with Gasteiger partial charge in [-0.1, -0.05) is 55.5 Å². The van der Waals surface area contributed by atoms with Crippen molar-refractivity contribution >= 4 is 11.9 Å². The Bertz CT molecular complexity index is 1750. The summed E-state index contributed by atoms with van der Waals surface area (Å²) in [6, 6.07) is 21.9. The minimum Gasteiger partial charge on any atom is -0.480 e. The standard InChI is InChI=1S/C38H41N3O4/c1-3-25-20-24(10-15-32(25)26-16-18-40(19-17-26)36(42)28-12-13-28)21-30-14-11-27-6-5-9-33(35(27)30)29-7-4-8-31(22-29)41-37(45-2)34(23-39-41)38(43)44/h4-10,15,20,22-23,26,28,30H,3,11-14,16-19,21H2,1-2H3,(H,43,44). The maximum Gasteiger partial charge on any atom is 0.342 e. The molecule has 1 aromatic heterocycles. The van der Waals surface area contributed by atoms with Crippen LogP contribution in [0.15, 0.2) is 66.9 Å². The molecule has 1 amide bonds. The zero-order valence-electron chi connectivity index (χ0n) is 26.2. The van der Waals surface area contributed by atoms with Crippen LogP contribution in [0.3, 0.4) is 0 Å². The number of benzene rings is 3. The largest absolute Gasteiger partial charge is 0.480 e. The molecule has 0 spiro atoms. The number of carboxylic acids is 1. The predicted octanol–water partition coefficient (Wildman–Crippen LogP) is 7.20. The van der Waals surface area contributed by atoms with Crippen LogP contribution in [0, 0.1) is 5.92 Å². The van der Waals surface area contributed by atoms with Crippen molar-refractivity contribution in [3.63, 3.8) is 0 Å². The van der Waals surface area contributed by atoms with Crippen molar-refractivity contribution in [1.29, 1.82) is 0 Å². The Morgan fingerprint density at radius 2 is 1.78 bits per heavy atom. The maximum atomic E-state index is 12.6. The van der Waals surface area contributed by atoms with Gasteiger partial charge in [0.2, 0.25) is 11.8 Å². The fourth-order valence-electron chi connectivity index (χ4n) is 7.69. The van der Waals surface area contributed by atoms with Crippen LogP contribution in [-0.4, -0.2) is 51.9 Å². The van der Waals surface area contributed by atoms with E-state index >= 15 is 0 Å². The van der Waals surface area contributed by atoms with Crippen molar-refractivity contribution < 1.29 is 19.4 Å². The number of piperidine rings is 1. The van der Waals surface area contributed by atoms with Crippen LogP contribution in [-0.2, 0) is 24.1 Å². The fraction of sp³-hybridized carbons (Fsp3) is 0.395. The molecule has 1 aliphatic heterocycles. The number of rotatable bonds is 9. The molecular formula is C38H41N3O4. The molecule has 7 rings (SSSR count). The molecule has 0 bridgehead atoms. The average Bonchev–Trinajstić information content (AvgIpc) is 3.70. The van der Waals surface area contributed by atoms with Crippen molar-refractivity contribution in [1.82, 2.24) is 14.7 Å². The van der Waals surface area contributed by atoms with Crippen LogP contribution in [0.5, 0.6) is 5.88 Å². The van der Waals surface area contributed by atoms with E-state index in [0.717, 1.165) is 75.7 Å². The minimum absolute atomic E-state index is 0.0372. The van der Waals surface area contributed by atoms with Crippen molar-refractivity contribution in [3.05, 3.63) is 100 Å². The van der Waals surface area contributed by atoms with Gasteiger partial charge in [-0.3, -0.25) is 4.79 Å². The molecule has 3 aromatic carbocycles. The number of aryl methyl sites for hydroxylation is 2. The van der Waals surface area contributed by atoms with E-state index in [9.17, 15) is 14.7 Å². The zero-order valence-corrected chi connectivity index (χ0v) is 26.2. The van der Waals surface area contributed by atoms with E-state index in [-0.39, 0.29) is 11.4 Å². The lowest BCUT2D eigenvalue weighted by Gasteiger charge is -2.33. The van der Waals surface area contributed by atoms with Crippen molar-refractivity contribution in [2.24, 2.45) is 5.92 Å². The predicted molar refractivity (Wildman–Crippen MR) is 174 cm³/mol. The summed E-state index contributed by atoms with van der Waals surface area (Å²) in [4.78, 5) is 26.4. The third-order valence-corrected chi connectivity index (χ3v) is 10.2. The first kappa shape index (κ1) is 29.3. The summed E-state index contributed by atoms with van der Waals surface area (Å²) in [7, 11) is 1.47. The van der Waals surface area contributed by atoms with Gasteiger partial charge in [-0.05, 0) is 114 Å². The number of fused-ring (bicyclic) bond motifs is 1. The lowest BCUT2D eigenvalue weighted by atomic mass is 9.83. The third-order valence-electron chi connectivity index (χ3n) is 10.2. The number of likely N-dealkylation sites (tertiary alicyclic amines) is 1. The van der Waals surface area contributed by atoms with Crippen LogP contribution in [0.4, 0.5) is 0 Å². The molecule has 0 radical (unpaired) electrons. The van der Waals surface area contributed by atoms with Crippen LogP contribution in [0.2, 0.25) is 0 Å². The summed E-state index contributed by atoms with van der Waals surface area (Å²) >= 11 is 0. The second-order valence-electron chi connectivity index (χ2n) is 12.9. The van der Waals surface area contributed by atoms with Crippen molar-refractivity contribution in [2.75, 3.05) is 20.2 Å². The summed E-state index contributed by atoms with van der Waals surface area (Å²) in [6.45, 7) is 4.04. The highest BCUT2D eigenvalue weighted by molar-refractivity contribution is 5.90. The van der Waals surface area contributed by atoms with Crippen LogP contribution < -0.4 is 4.74 Å². The SMILES string of the molecule is CCc1cc(CC2CCc3cccc(-c4cccc(-n5ncc(C(=O)O)c5OC)c4)c32)ccc1C1CCN(C(=O)C2CC2)CC1. The van der Waals surface area contributed by atoms with E-state index in [2.05, 4.69) is 65.5 Å². The number of hydrogen-bond acceptors (Lipinski definition) is 4. The monoisotopic (exact) mass is 603 g/mol. The molecule has 7 heteroatoms. The van der Waals surface area contributed by atoms with Crippen molar-refractivity contribution in [3.8, 4) is 22.7 Å². The summed E-state index contributed by atoms with van der Waals surface area (Å²) in [6.07, 6.45) is 9.82. The van der Waals surface area contributed by atoms with Crippen LogP contribution in [0.1, 0.15) is 89.0 Å². The van der Waals surface area contributed by atoms with E-state index in [0.29, 0.717) is 23.7 Å². The first-order valence-corrected chi connectivity index (χ1v) is 16.4. The van der Waals surface area contributed by atoms with Gasteiger partial charge in [0, 0.05) is 19.0 Å². The molecule has 1 N–H and O–H groups in total. The highest BCUT2D eigenvalue weighted by atomic mass is 16.5. The van der Waals surface area contributed by atoms with E-state index in [4.69, 9.17) is 4.74 Å². The number of amides is 1. The quantitative estimate of drug-likeness (QED) is 0.219. The Labute approximate surface area is 264 Å². The maximum absolute atomic E-state index is 12.6. The molecule has 2 heterocycles. The van der Waals surface area contributed by atoms with Gasteiger partial charge in [-0.2, -0.15) is 5.10 Å². The number of aromatic nitrogens is 2. The molecule has 2 aliphatic carbocycles. The number of carbonyl (C=O) groups excluding carboxylic acids is 1. The highest BCUT2D eigenvalue weighted by Gasteiger charge is 2.35. The Kier molecular flexibility index (Phi) is 7.94. The van der Waals surface area contributed by atoms with E-state index in [1.54, 1.807) is 4.68 Å². The molecule has 1 unspecified atom stereocenters. The Balaban J connectivity index is 1.12. The molecule has 3 aliphatic rings. The van der Waals surface area contributed by atoms with Crippen LogP contribution >= 0.6 is 0 Å². The second kappa shape index (κ2) is 12.2. The topological polar surface area (TPSA) is 84.7 Å². The average molecular weight is 604 g/mol. The fourth-order valence-corrected chi connectivity index (χ4v) is 7.69. The second-order valence-corrected chi connectivity index (χ2v) is 12.9. The molecule has 1 saturated carbocycles. The number of carbonyl (C=O) groups is 2. The number of aromatic carboxylic acids is 1. The highest BCUT2D eigenvalue weighted by Crippen LogP contribution is 2.43. The Hall–Kier alpha value is -4.39. The molecule has 2 fully saturated rings. The number of methoxy groups -OCH3 is 1. The molecule has 232 valence electrons. The summed E-state index contributed by atoms with van der Waals surface area (Å²) in [5.41, 5.74) is 10.3. The normalized spacial score (nSPS) is 18.2. The van der Waals surface area contributed by atoms with Gasteiger partial charge in [0.1, 0.15) is 5.56 Å². The molecular weight excluding hydrogens is 562 g/mol. The Morgan fingerprint density at radius 1 is 0.978 bits per heavy atom. The van der Waals surface area contributed by atoms with Gasteiger partial charge < -0.3 is 14.7 Å². The lowest BCUT2D eigenvalue weighted by Crippen LogP contribution is -2.38. The number of carboxylic acid groups (broad SMARTS) is 1. The van der Waals surface area contributed by atoms with E-state index < -0.39 is 5.97 Å². The van der Waals surface area contributed by atoms with Gasteiger partial charge in [-0.15, -0.1) is 0 Å². The summed E-state index contributed by atoms with van der Waals surface area (Å²) in [5.74, 6) is 0.791. The molecule has 4 aromatic rings. The van der Waals surface area contributed by atoms with E-state index in [1.165, 1.54) is 46.7 Å². The number of hydrogen-bond donors (Lipinski definition) is 1. The Morgan fingerprint density at radius 3 is 2.51 bits per heavy atom. The van der Waals surface area contributed by atoms with Gasteiger partial charge in [0.25, 0.3) is 0 Å². The first-order valence-electron chi connectivity index (χ1n) is 16.4. The lowest BCUT2D eigenvalue weighted by molar-refractivity contribution is -0.133. The third kappa shape index (κ3) is 5.65. The van der Waals surface area contributed by atoms with Gasteiger partial charge in [0.05, 0.1) is 19.0 Å². The summed E-state index contributed by atoms with van der Waals surface area (Å²) in [5, 5.41) is 13.9. The van der Waals surface area contributed by atoms with Gasteiger partial charge in [0.15, 0.2) is 0 Å². The van der Waals surface area contributed by atoms with E-state index in [1.807, 2.05) is 12.1 Å².